The third-order valence-electron chi connectivity index (χ3n) is 6.22. The minimum atomic E-state index is -0.0192. The number of allylic oxidation sites excluding steroid dienone is 1. The van der Waals surface area contributed by atoms with Gasteiger partial charge in [-0.2, -0.15) is 0 Å². The summed E-state index contributed by atoms with van der Waals surface area (Å²) >= 11 is 0. The molecular formula is C26H33N3O2. The molecule has 0 bridgehead atoms. The number of nitrogens with zero attached hydrogens (tertiary/aromatic N) is 3. The molecule has 5 nitrogen and oxygen atoms in total. The molecule has 164 valence electrons. The van der Waals surface area contributed by atoms with Crippen LogP contribution in [-0.2, 0) is 4.74 Å². The number of hydrogen-bond donors (Lipinski definition) is 0. The lowest BCUT2D eigenvalue weighted by Gasteiger charge is -2.43. The number of methoxy groups -OCH3 is 1. The topological polar surface area (TPSA) is 37.3 Å². The third-order valence-corrected chi connectivity index (χ3v) is 6.22. The molecule has 2 aliphatic rings. The van der Waals surface area contributed by atoms with Crippen molar-refractivity contribution in [2.24, 2.45) is 4.99 Å². The highest BCUT2D eigenvalue weighted by Gasteiger charge is 2.31. The maximum atomic E-state index is 5.74. The Morgan fingerprint density at radius 2 is 1.84 bits per heavy atom. The summed E-state index contributed by atoms with van der Waals surface area (Å²) in [6.45, 7) is 13.3. The molecule has 0 atom stereocenters. The van der Waals surface area contributed by atoms with Crippen LogP contribution in [0.1, 0.15) is 38.8 Å². The highest BCUT2D eigenvalue weighted by Crippen LogP contribution is 2.41. The van der Waals surface area contributed by atoms with Crippen molar-refractivity contribution in [3.8, 4) is 5.75 Å². The van der Waals surface area contributed by atoms with Crippen LogP contribution in [0.4, 0.5) is 17.1 Å². The lowest BCUT2D eigenvalue weighted by Crippen LogP contribution is -2.44. The van der Waals surface area contributed by atoms with Crippen molar-refractivity contribution in [3.05, 3.63) is 53.6 Å². The third kappa shape index (κ3) is 4.33. The van der Waals surface area contributed by atoms with E-state index in [9.17, 15) is 0 Å². The van der Waals surface area contributed by atoms with Crippen molar-refractivity contribution in [1.29, 1.82) is 0 Å². The monoisotopic (exact) mass is 419 g/mol. The molecule has 1 saturated heterocycles. The Morgan fingerprint density at radius 3 is 2.48 bits per heavy atom. The largest absolute Gasteiger partial charge is 0.496 e. The SMILES string of the molecule is CCN1c2cc(OC)c(C=Nc3ccc(N4CCOCC4)cc3)cc2C(C)=CC1(C)C. The summed E-state index contributed by atoms with van der Waals surface area (Å²) in [6, 6.07) is 12.8. The standard InChI is InChI=1S/C26H33N3O2/c1-6-29-24-16-25(30-5)20(15-23(24)19(2)17-26(29,3)4)18-27-21-7-9-22(10-8-21)28-11-13-31-14-12-28/h7-10,15-18H,6,11-14H2,1-5H3. The predicted octanol–water partition coefficient (Wildman–Crippen LogP) is 5.30. The molecule has 0 aliphatic carbocycles. The number of morpholine rings is 1. The Kier molecular flexibility index (Phi) is 6.05. The molecule has 0 saturated carbocycles. The van der Waals surface area contributed by atoms with Crippen molar-refractivity contribution >= 4 is 28.8 Å². The second-order valence-corrected chi connectivity index (χ2v) is 8.71. The van der Waals surface area contributed by atoms with Gasteiger partial charge in [0, 0.05) is 54.4 Å². The smallest absolute Gasteiger partial charge is 0.129 e. The van der Waals surface area contributed by atoms with E-state index < -0.39 is 0 Å². The van der Waals surface area contributed by atoms with Crippen LogP contribution in [0.5, 0.6) is 5.75 Å². The van der Waals surface area contributed by atoms with Gasteiger partial charge in [0.25, 0.3) is 0 Å². The fourth-order valence-electron chi connectivity index (χ4n) is 4.69. The highest BCUT2D eigenvalue weighted by atomic mass is 16.5. The first-order valence-corrected chi connectivity index (χ1v) is 11.1. The van der Waals surface area contributed by atoms with Gasteiger partial charge in [0.15, 0.2) is 0 Å². The Labute approximate surface area is 186 Å². The van der Waals surface area contributed by atoms with Crippen molar-refractivity contribution in [2.45, 2.75) is 33.2 Å². The molecule has 0 amide bonds. The molecule has 0 aromatic heterocycles. The molecule has 2 aromatic rings. The summed E-state index contributed by atoms with van der Waals surface area (Å²) in [6.07, 6.45) is 4.25. The van der Waals surface area contributed by atoms with Crippen LogP contribution < -0.4 is 14.5 Å². The molecule has 4 rings (SSSR count). The summed E-state index contributed by atoms with van der Waals surface area (Å²) in [5, 5.41) is 0. The highest BCUT2D eigenvalue weighted by molar-refractivity contribution is 5.92. The van der Waals surface area contributed by atoms with E-state index in [1.807, 2.05) is 6.21 Å². The lowest BCUT2D eigenvalue weighted by atomic mass is 9.88. The van der Waals surface area contributed by atoms with E-state index in [1.165, 1.54) is 22.5 Å². The number of anilines is 2. The molecule has 2 heterocycles. The van der Waals surface area contributed by atoms with Crippen LogP contribution in [0, 0.1) is 0 Å². The molecule has 31 heavy (non-hydrogen) atoms. The van der Waals surface area contributed by atoms with Gasteiger partial charge in [-0.1, -0.05) is 6.08 Å². The van der Waals surface area contributed by atoms with Gasteiger partial charge in [-0.05, 0) is 63.6 Å². The second kappa shape index (κ2) is 8.75. The summed E-state index contributed by atoms with van der Waals surface area (Å²) in [7, 11) is 1.73. The zero-order valence-corrected chi connectivity index (χ0v) is 19.3. The van der Waals surface area contributed by atoms with Crippen molar-refractivity contribution in [2.75, 3.05) is 49.8 Å². The number of aliphatic imine (C=N–C) groups is 1. The van der Waals surface area contributed by atoms with Crippen LogP contribution in [0.3, 0.4) is 0 Å². The van der Waals surface area contributed by atoms with E-state index in [1.54, 1.807) is 7.11 Å². The van der Waals surface area contributed by atoms with Gasteiger partial charge in [-0.25, -0.2) is 0 Å². The average molecular weight is 420 g/mol. The summed E-state index contributed by atoms with van der Waals surface area (Å²) in [4.78, 5) is 9.50. The van der Waals surface area contributed by atoms with Gasteiger partial charge in [-0.15, -0.1) is 0 Å². The maximum Gasteiger partial charge on any atom is 0.129 e. The molecular weight excluding hydrogens is 386 g/mol. The van der Waals surface area contributed by atoms with Crippen LogP contribution in [-0.4, -0.2) is 51.7 Å². The fraction of sp³-hybridized carbons (Fsp3) is 0.423. The Hall–Kier alpha value is -2.79. The molecule has 2 aromatic carbocycles. The minimum absolute atomic E-state index is 0.0192. The number of benzene rings is 2. The minimum Gasteiger partial charge on any atom is -0.496 e. The first kappa shape index (κ1) is 21.4. The van der Waals surface area contributed by atoms with Crippen LogP contribution in [0.2, 0.25) is 0 Å². The van der Waals surface area contributed by atoms with E-state index >= 15 is 0 Å². The average Bonchev–Trinajstić information content (AvgIpc) is 2.78. The Balaban J connectivity index is 1.61. The second-order valence-electron chi connectivity index (χ2n) is 8.71. The molecule has 5 heteroatoms. The zero-order valence-electron chi connectivity index (χ0n) is 19.3. The van der Waals surface area contributed by atoms with Gasteiger partial charge < -0.3 is 19.3 Å². The normalized spacial score (nSPS) is 18.2. The van der Waals surface area contributed by atoms with Gasteiger partial charge in [0.2, 0.25) is 0 Å². The van der Waals surface area contributed by atoms with E-state index in [2.05, 4.69) is 80.0 Å². The first-order valence-electron chi connectivity index (χ1n) is 11.1. The molecule has 0 radical (unpaired) electrons. The fourth-order valence-corrected chi connectivity index (χ4v) is 4.69. The van der Waals surface area contributed by atoms with Crippen LogP contribution >= 0.6 is 0 Å². The van der Waals surface area contributed by atoms with Gasteiger partial charge in [0.05, 0.1) is 31.5 Å². The Bertz CT molecular complexity index is 986. The number of likely N-dealkylation sites (N-methyl/N-ethyl adjacent to an activating group) is 1. The van der Waals surface area contributed by atoms with Crippen LogP contribution in [0.15, 0.2) is 47.5 Å². The lowest BCUT2D eigenvalue weighted by molar-refractivity contribution is 0.122. The molecule has 0 spiro atoms. The van der Waals surface area contributed by atoms with E-state index in [0.717, 1.165) is 49.8 Å². The molecule has 1 fully saturated rings. The maximum absolute atomic E-state index is 5.74. The number of rotatable bonds is 5. The van der Waals surface area contributed by atoms with Crippen molar-refractivity contribution in [1.82, 2.24) is 0 Å². The van der Waals surface area contributed by atoms with Gasteiger partial charge in [-0.3, -0.25) is 4.99 Å². The van der Waals surface area contributed by atoms with Crippen LogP contribution in [0.25, 0.3) is 5.57 Å². The summed E-state index contributed by atoms with van der Waals surface area (Å²) in [5.74, 6) is 0.844. The molecule has 2 aliphatic heterocycles. The van der Waals surface area contributed by atoms with Gasteiger partial charge in [0.1, 0.15) is 5.75 Å². The van der Waals surface area contributed by atoms with E-state index in [0.29, 0.717) is 0 Å². The summed E-state index contributed by atoms with van der Waals surface area (Å²) in [5.41, 5.74) is 6.87. The van der Waals surface area contributed by atoms with Crippen molar-refractivity contribution < 1.29 is 9.47 Å². The Morgan fingerprint density at radius 1 is 1.13 bits per heavy atom. The molecule has 0 N–H and O–H groups in total. The predicted molar refractivity (Wildman–Crippen MR) is 130 cm³/mol. The van der Waals surface area contributed by atoms with E-state index in [-0.39, 0.29) is 5.54 Å². The number of hydrogen-bond acceptors (Lipinski definition) is 5. The number of ether oxygens (including phenoxy) is 2. The summed E-state index contributed by atoms with van der Waals surface area (Å²) < 4.78 is 11.2. The zero-order chi connectivity index (χ0) is 22.0. The van der Waals surface area contributed by atoms with E-state index in [4.69, 9.17) is 14.5 Å². The number of fused-ring (bicyclic) bond motifs is 1. The quantitative estimate of drug-likeness (QED) is 0.616. The molecule has 0 unspecified atom stereocenters. The van der Waals surface area contributed by atoms with Gasteiger partial charge >= 0.3 is 0 Å². The first-order chi connectivity index (χ1) is 14.9. The van der Waals surface area contributed by atoms with Crippen molar-refractivity contribution in [3.63, 3.8) is 0 Å².